The third-order valence-electron chi connectivity index (χ3n) is 8.21. The minimum atomic E-state index is -5.36. The summed E-state index contributed by atoms with van der Waals surface area (Å²) in [5.74, 6) is 1.09. The van der Waals surface area contributed by atoms with Gasteiger partial charge in [0.1, 0.15) is 23.0 Å². The molecule has 1 aliphatic rings. The van der Waals surface area contributed by atoms with Gasteiger partial charge in [-0.15, -0.1) is 0 Å². The number of hydrogen-bond acceptors (Lipinski definition) is 6. The average Bonchev–Trinajstić information content (AvgIpc) is 2.99. The molecule has 1 aliphatic carbocycles. The minimum Gasteiger partial charge on any atom is -0.507 e. The molecule has 0 heterocycles. The molecule has 6 N–H and O–H groups in total. The number of aromatic hydroxyl groups is 2. The standard InChI is InChI=1S/C35H40O10P2/c1-3-14-44-33-24-10-6-12-26(33)18-28-20-30(35(46(38,39)40)47(41,42)43)21-29(32(28)37)19-27-13-7-11-25(34(27)45-15-4-2)17-23-9-5-8-22(16-24)31(23)36/h5-13,20-21,35-37H,3-4,14-19H2,1-2H3,(H2,38,39,40)(H2,41,42,43). The third kappa shape index (κ3) is 7.76. The fourth-order valence-corrected chi connectivity index (χ4v) is 8.79. The summed E-state index contributed by atoms with van der Waals surface area (Å²) in [7, 11) is -10.7. The van der Waals surface area contributed by atoms with E-state index in [-0.39, 0.29) is 41.0 Å². The van der Waals surface area contributed by atoms with Crippen molar-refractivity contribution in [2.45, 2.75) is 57.8 Å². The van der Waals surface area contributed by atoms with Gasteiger partial charge in [0.05, 0.1) is 13.2 Å². The molecule has 0 radical (unpaired) electrons. The van der Waals surface area contributed by atoms with E-state index in [4.69, 9.17) is 9.47 Å². The molecule has 0 aromatic heterocycles. The summed E-state index contributed by atoms with van der Waals surface area (Å²) in [6.07, 6.45) is 2.15. The second-order valence-corrected chi connectivity index (χ2v) is 15.7. The molecule has 0 amide bonds. The number of fused-ring (bicyclic) bond motifs is 8. The van der Waals surface area contributed by atoms with E-state index in [2.05, 4.69) is 0 Å². The van der Waals surface area contributed by atoms with Crippen LogP contribution in [-0.2, 0) is 34.8 Å². The topological polar surface area (TPSA) is 174 Å². The third-order valence-corrected chi connectivity index (χ3v) is 11.9. The maximum absolute atomic E-state index is 12.5. The lowest BCUT2D eigenvalue weighted by molar-refractivity contribution is 0.311. The predicted molar refractivity (Wildman–Crippen MR) is 179 cm³/mol. The fourth-order valence-electron chi connectivity index (χ4n) is 6.15. The highest BCUT2D eigenvalue weighted by Crippen LogP contribution is 2.70. The van der Waals surface area contributed by atoms with E-state index in [1.165, 1.54) is 12.1 Å². The number of para-hydroxylation sites is 3. The number of hydrogen-bond donors (Lipinski definition) is 6. The van der Waals surface area contributed by atoms with Gasteiger partial charge < -0.3 is 39.3 Å². The van der Waals surface area contributed by atoms with Crippen molar-refractivity contribution < 1.29 is 48.4 Å². The lowest BCUT2D eigenvalue weighted by atomic mass is 9.90. The second-order valence-electron chi connectivity index (χ2n) is 11.9. The zero-order chi connectivity index (χ0) is 33.9. The van der Waals surface area contributed by atoms with Crippen molar-refractivity contribution in [2.24, 2.45) is 0 Å². The van der Waals surface area contributed by atoms with Crippen molar-refractivity contribution >= 4 is 15.2 Å². The number of benzene rings is 4. The van der Waals surface area contributed by atoms with Gasteiger partial charge in [0.25, 0.3) is 0 Å². The monoisotopic (exact) mass is 682 g/mol. The Morgan fingerprint density at radius 1 is 0.574 bits per heavy atom. The number of phenolic OH excluding ortho intramolecular Hbond substituents is 2. The molecule has 0 saturated carbocycles. The van der Waals surface area contributed by atoms with E-state index in [9.17, 15) is 38.9 Å². The first-order valence-corrected chi connectivity index (χ1v) is 18.9. The molecule has 250 valence electrons. The van der Waals surface area contributed by atoms with Crippen LogP contribution in [0.5, 0.6) is 23.0 Å². The highest BCUT2D eigenvalue weighted by atomic mass is 31.2. The van der Waals surface area contributed by atoms with Crippen molar-refractivity contribution in [1.82, 2.24) is 0 Å². The minimum absolute atomic E-state index is 0.0276. The molecule has 0 aliphatic heterocycles. The van der Waals surface area contributed by atoms with E-state index in [1.54, 1.807) is 0 Å². The molecular formula is C35H40O10P2. The Balaban J connectivity index is 1.81. The van der Waals surface area contributed by atoms with Crippen LogP contribution in [-0.4, -0.2) is 43.0 Å². The van der Waals surface area contributed by atoms with Gasteiger partial charge in [-0.2, -0.15) is 0 Å². The molecule has 5 rings (SSSR count). The van der Waals surface area contributed by atoms with E-state index >= 15 is 0 Å². The normalized spacial score (nSPS) is 13.4. The summed E-state index contributed by atoms with van der Waals surface area (Å²) in [4.78, 5) is 40.5. The number of rotatable bonds is 9. The van der Waals surface area contributed by atoms with Gasteiger partial charge in [-0.1, -0.05) is 80.6 Å². The molecule has 4 aromatic carbocycles. The van der Waals surface area contributed by atoms with Crippen molar-refractivity contribution in [3.8, 4) is 23.0 Å². The number of phenols is 2. The van der Waals surface area contributed by atoms with Gasteiger partial charge in [-0.25, -0.2) is 0 Å². The Bertz CT molecular complexity index is 1730. The van der Waals surface area contributed by atoms with Gasteiger partial charge in [0, 0.05) is 25.7 Å². The first-order valence-electron chi connectivity index (χ1n) is 15.5. The van der Waals surface area contributed by atoms with Crippen LogP contribution < -0.4 is 9.47 Å². The van der Waals surface area contributed by atoms with Crippen molar-refractivity contribution in [1.29, 1.82) is 0 Å². The Morgan fingerprint density at radius 2 is 0.894 bits per heavy atom. The smallest absolute Gasteiger partial charge is 0.345 e. The average molecular weight is 683 g/mol. The van der Waals surface area contributed by atoms with E-state index in [0.29, 0.717) is 72.6 Å². The summed E-state index contributed by atoms with van der Waals surface area (Å²) < 4.78 is 37.5. The summed E-state index contributed by atoms with van der Waals surface area (Å²) in [5.41, 5.74) is 4.39. The van der Waals surface area contributed by atoms with Gasteiger partial charge in [0.2, 0.25) is 0 Å². The fraction of sp³-hybridized carbons (Fsp3) is 0.314. The Morgan fingerprint density at radius 3 is 1.23 bits per heavy atom. The second kappa shape index (κ2) is 14.2. The first kappa shape index (κ1) is 34.7. The molecule has 0 unspecified atom stereocenters. The molecule has 12 heteroatoms. The predicted octanol–water partition coefficient (Wildman–Crippen LogP) is 6.71. The van der Waals surface area contributed by atoms with Crippen LogP contribution in [0.15, 0.2) is 66.7 Å². The zero-order valence-corrected chi connectivity index (χ0v) is 28.1. The van der Waals surface area contributed by atoms with E-state index in [1.807, 2.05) is 68.4 Å². The molecular weight excluding hydrogens is 642 g/mol. The Kier molecular flexibility index (Phi) is 10.5. The van der Waals surface area contributed by atoms with Crippen LogP contribution in [0.3, 0.4) is 0 Å². The van der Waals surface area contributed by atoms with Crippen LogP contribution in [0.4, 0.5) is 0 Å². The van der Waals surface area contributed by atoms with Crippen LogP contribution in [0, 0.1) is 0 Å². The van der Waals surface area contributed by atoms with Gasteiger partial charge in [-0.05, 0) is 62.9 Å². The molecule has 10 nitrogen and oxygen atoms in total. The molecule has 4 aromatic rings. The summed E-state index contributed by atoms with van der Waals surface area (Å²) in [6, 6.07) is 19.2. The molecule has 47 heavy (non-hydrogen) atoms. The lowest BCUT2D eigenvalue weighted by Gasteiger charge is -2.24. The summed E-state index contributed by atoms with van der Waals surface area (Å²) in [6.45, 7) is 4.71. The zero-order valence-electron chi connectivity index (χ0n) is 26.3. The Hall–Kier alpha value is -3.62. The number of ether oxygens (including phenoxy) is 2. The molecule has 0 saturated heterocycles. The highest BCUT2D eigenvalue weighted by molar-refractivity contribution is 7.70. The van der Waals surface area contributed by atoms with Gasteiger partial charge in [-0.3, -0.25) is 9.13 Å². The first-order chi connectivity index (χ1) is 22.3. The quantitative estimate of drug-likeness (QED) is 0.0918. The van der Waals surface area contributed by atoms with Crippen molar-refractivity contribution in [3.63, 3.8) is 0 Å². The van der Waals surface area contributed by atoms with E-state index in [0.717, 1.165) is 11.1 Å². The SMILES string of the molecule is CCCOc1c2cccc1Cc1cc(C(P(=O)(O)O)P(=O)(O)O)cc(c1O)Cc1cccc(c1OCCC)Cc1cccc(c1O)C2. The summed E-state index contributed by atoms with van der Waals surface area (Å²) in [5, 5.41) is 20.8. The molecule has 0 atom stereocenters. The summed E-state index contributed by atoms with van der Waals surface area (Å²) >= 11 is 0. The van der Waals surface area contributed by atoms with E-state index < -0.39 is 20.6 Å². The van der Waals surface area contributed by atoms with Crippen molar-refractivity contribution in [2.75, 3.05) is 13.2 Å². The van der Waals surface area contributed by atoms with Crippen LogP contribution in [0.2, 0.25) is 0 Å². The highest BCUT2D eigenvalue weighted by Gasteiger charge is 2.45. The van der Waals surface area contributed by atoms with Crippen LogP contribution in [0.25, 0.3) is 0 Å². The van der Waals surface area contributed by atoms with Gasteiger partial charge in [0.15, 0.2) is 5.40 Å². The van der Waals surface area contributed by atoms with Gasteiger partial charge >= 0.3 is 15.2 Å². The largest absolute Gasteiger partial charge is 0.507 e. The molecule has 8 bridgehead atoms. The maximum Gasteiger partial charge on any atom is 0.345 e. The van der Waals surface area contributed by atoms with Crippen LogP contribution >= 0.6 is 15.2 Å². The molecule has 0 fully saturated rings. The molecule has 0 spiro atoms. The van der Waals surface area contributed by atoms with Crippen molar-refractivity contribution in [3.05, 3.63) is 117 Å². The van der Waals surface area contributed by atoms with Crippen LogP contribution in [0.1, 0.15) is 82.2 Å². The maximum atomic E-state index is 12.5. The Labute approximate surface area is 274 Å². The lowest BCUT2D eigenvalue weighted by Crippen LogP contribution is -2.08.